The molecule has 0 spiro atoms. The van der Waals surface area contributed by atoms with Gasteiger partial charge in [0, 0.05) is 11.6 Å². The predicted octanol–water partition coefficient (Wildman–Crippen LogP) is 3.82. The molecule has 0 saturated heterocycles. The largest absolute Gasteiger partial charge is 0.496 e. The molecule has 0 amide bonds. The van der Waals surface area contributed by atoms with Gasteiger partial charge in [0.15, 0.2) is 0 Å². The van der Waals surface area contributed by atoms with Gasteiger partial charge in [0.1, 0.15) is 5.75 Å². The molecule has 0 aliphatic heterocycles. The molecule has 2 rings (SSSR count). The van der Waals surface area contributed by atoms with E-state index in [9.17, 15) is 0 Å². The molecule has 2 nitrogen and oxygen atoms in total. The van der Waals surface area contributed by atoms with Gasteiger partial charge in [-0.3, -0.25) is 0 Å². The highest BCUT2D eigenvalue weighted by atomic mass is 16.5. The molecule has 0 fully saturated rings. The van der Waals surface area contributed by atoms with E-state index < -0.39 is 0 Å². The van der Waals surface area contributed by atoms with E-state index >= 15 is 0 Å². The Kier molecular flexibility index (Phi) is 4.80. The number of ether oxygens (including phenoxy) is 1. The molecular weight excluding hydrogens is 246 g/mol. The summed E-state index contributed by atoms with van der Waals surface area (Å²) in [6.45, 7) is 4.24. The Morgan fingerprint density at radius 3 is 2.45 bits per heavy atom. The van der Waals surface area contributed by atoms with E-state index in [0.29, 0.717) is 0 Å². The van der Waals surface area contributed by atoms with Crippen LogP contribution < -0.4 is 10.1 Å². The molecule has 0 saturated carbocycles. The van der Waals surface area contributed by atoms with Crippen LogP contribution in [-0.2, 0) is 6.42 Å². The number of methoxy groups -OCH3 is 1. The van der Waals surface area contributed by atoms with Crippen LogP contribution in [0.2, 0.25) is 0 Å². The van der Waals surface area contributed by atoms with Crippen molar-refractivity contribution in [2.45, 2.75) is 26.3 Å². The fourth-order valence-corrected chi connectivity index (χ4v) is 2.57. The van der Waals surface area contributed by atoms with E-state index in [-0.39, 0.29) is 6.04 Å². The predicted molar refractivity (Wildman–Crippen MR) is 84.4 cm³/mol. The van der Waals surface area contributed by atoms with Crippen LogP contribution in [0.4, 0.5) is 0 Å². The molecule has 0 bridgehead atoms. The number of likely N-dealkylation sites (N-methyl/N-ethyl adjacent to an activating group) is 1. The monoisotopic (exact) mass is 269 g/mol. The maximum atomic E-state index is 5.50. The average Bonchev–Trinajstić information content (AvgIpc) is 2.45. The highest BCUT2D eigenvalue weighted by Crippen LogP contribution is 2.28. The molecule has 0 aromatic heterocycles. The molecule has 0 aliphatic rings. The maximum Gasteiger partial charge on any atom is 0.123 e. The number of aryl methyl sites for hydroxylation is 2. The number of hydrogen-bond acceptors (Lipinski definition) is 2. The average molecular weight is 269 g/mol. The van der Waals surface area contributed by atoms with Gasteiger partial charge >= 0.3 is 0 Å². The van der Waals surface area contributed by atoms with Gasteiger partial charge in [-0.25, -0.2) is 0 Å². The van der Waals surface area contributed by atoms with Gasteiger partial charge in [-0.1, -0.05) is 47.5 Å². The molecule has 2 aromatic carbocycles. The molecular formula is C18H23NO. The van der Waals surface area contributed by atoms with Gasteiger partial charge in [-0.2, -0.15) is 0 Å². The zero-order valence-corrected chi connectivity index (χ0v) is 12.7. The van der Waals surface area contributed by atoms with Crippen LogP contribution in [0.15, 0.2) is 42.5 Å². The minimum Gasteiger partial charge on any atom is -0.496 e. The van der Waals surface area contributed by atoms with E-state index in [0.717, 1.165) is 12.2 Å². The number of benzene rings is 2. The molecule has 1 N–H and O–H groups in total. The molecule has 1 unspecified atom stereocenters. The van der Waals surface area contributed by atoms with Crippen LogP contribution in [0.5, 0.6) is 5.75 Å². The smallest absolute Gasteiger partial charge is 0.123 e. The van der Waals surface area contributed by atoms with E-state index in [2.05, 4.69) is 55.6 Å². The summed E-state index contributed by atoms with van der Waals surface area (Å²) in [6.07, 6.45) is 0.956. The van der Waals surface area contributed by atoms with Gasteiger partial charge in [0.2, 0.25) is 0 Å². The van der Waals surface area contributed by atoms with Crippen molar-refractivity contribution in [3.05, 3.63) is 64.7 Å². The summed E-state index contributed by atoms with van der Waals surface area (Å²) in [5.74, 6) is 0.947. The van der Waals surface area contributed by atoms with Crippen LogP contribution in [0.3, 0.4) is 0 Å². The molecule has 2 aromatic rings. The van der Waals surface area contributed by atoms with Gasteiger partial charge in [-0.05, 0) is 38.9 Å². The quantitative estimate of drug-likeness (QED) is 0.891. The lowest BCUT2D eigenvalue weighted by Crippen LogP contribution is -2.19. The zero-order chi connectivity index (χ0) is 14.5. The number of hydrogen-bond donors (Lipinski definition) is 1. The van der Waals surface area contributed by atoms with Crippen molar-refractivity contribution in [3.63, 3.8) is 0 Å². The van der Waals surface area contributed by atoms with Crippen LogP contribution >= 0.6 is 0 Å². The van der Waals surface area contributed by atoms with Crippen LogP contribution in [0.25, 0.3) is 0 Å². The molecule has 2 heteroatoms. The number of rotatable bonds is 5. The van der Waals surface area contributed by atoms with Crippen LogP contribution in [0.1, 0.15) is 28.3 Å². The third kappa shape index (κ3) is 3.40. The lowest BCUT2D eigenvalue weighted by atomic mass is 9.96. The van der Waals surface area contributed by atoms with Gasteiger partial charge in [0.05, 0.1) is 7.11 Å². The minimum absolute atomic E-state index is 0.256. The summed E-state index contributed by atoms with van der Waals surface area (Å²) in [5.41, 5.74) is 5.11. The summed E-state index contributed by atoms with van der Waals surface area (Å²) < 4.78 is 5.50. The first kappa shape index (κ1) is 14.6. The van der Waals surface area contributed by atoms with E-state index in [1.807, 2.05) is 13.1 Å². The minimum atomic E-state index is 0.256. The van der Waals surface area contributed by atoms with Crippen molar-refractivity contribution < 1.29 is 4.74 Å². The highest BCUT2D eigenvalue weighted by Gasteiger charge is 2.15. The Bertz CT molecular complexity index is 577. The second kappa shape index (κ2) is 6.58. The Morgan fingerprint density at radius 2 is 1.80 bits per heavy atom. The van der Waals surface area contributed by atoms with E-state index in [1.165, 1.54) is 22.3 Å². The van der Waals surface area contributed by atoms with E-state index in [4.69, 9.17) is 4.74 Å². The standard InChI is InChI=1S/C18H23NO/c1-13-6-5-7-15(10-13)12-17(19-3)16-11-14(2)8-9-18(16)20-4/h5-11,17,19H,12H2,1-4H3. The molecule has 20 heavy (non-hydrogen) atoms. The Morgan fingerprint density at radius 1 is 1.05 bits per heavy atom. The summed E-state index contributed by atoms with van der Waals surface area (Å²) in [4.78, 5) is 0. The Hall–Kier alpha value is -1.80. The molecule has 1 atom stereocenters. The van der Waals surface area contributed by atoms with Crippen molar-refractivity contribution in [2.24, 2.45) is 0 Å². The second-order valence-corrected chi connectivity index (χ2v) is 5.28. The molecule has 0 heterocycles. The third-order valence-electron chi connectivity index (χ3n) is 3.63. The fourth-order valence-electron chi connectivity index (χ4n) is 2.57. The summed E-state index contributed by atoms with van der Waals surface area (Å²) >= 11 is 0. The van der Waals surface area contributed by atoms with Gasteiger partial charge in [-0.15, -0.1) is 0 Å². The lowest BCUT2D eigenvalue weighted by molar-refractivity contribution is 0.401. The Balaban J connectivity index is 2.30. The van der Waals surface area contributed by atoms with Crippen LogP contribution in [0, 0.1) is 13.8 Å². The topological polar surface area (TPSA) is 21.3 Å². The second-order valence-electron chi connectivity index (χ2n) is 5.28. The molecule has 106 valence electrons. The molecule has 0 radical (unpaired) electrons. The van der Waals surface area contributed by atoms with Gasteiger partial charge in [0.25, 0.3) is 0 Å². The normalized spacial score (nSPS) is 12.2. The number of nitrogens with one attached hydrogen (secondary N) is 1. The van der Waals surface area contributed by atoms with Crippen LogP contribution in [-0.4, -0.2) is 14.2 Å². The maximum absolute atomic E-state index is 5.50. The first-order valence-corrected chi connectivity index (χ1v) is 7.01. The van der Waals surface area contributed by atoms with Gasteiger partial charge < -0.3 is 10.1 Å². The summed E-state index contributed by atoms with van der Waals surface area (Å²) in [7, 11) is 3.73. The lowest BCUT2D eigenvalue weighted by Gasteiger charge is -2.20. The van der Waals surface area contributed by atoms with Crippen molar-refractivity contribution in [2.75, 3.05) is 14.2 Å². The first-order chi connectivity index (χ1) is 9.63. The fraction of sp³-hybridized carbons (Fsp3) is 0.333. The van der Waals surface area contributed by atoms with Crippen molar-refractivity contribution in [1.82, 2.24) is 5.32 Å². The van der Waals surface area contributed by atoms with E-state index in [1.54, 1.807) is 7.11 Å². The summed E-state index contributed by atoms with van der Waals surface area (Å²) in [5, 5.41) is 3.41. The molecule has 0 aliphatic carbocycles. The zero-order valence-electron chi connectivity index (χ0n) is 12.7. The highest BCUT2D eigenvalue weighted by molar-refractivity contribution is 5.40. The summed E-state index contributed by atoms with van der Waals surface area (Å²) in [6, 6.07) is 15.3. The van der Waals surface area contributed by atoms with Crippen molar-refractivity contribution in [1.29, 1.82) is 0 Å². The first-order valence-electron chi connectivity index (χ1n) is 7.01. The van der Waals surface area contributed by atoms with Crippen molar-refractivity contribution >= 4 is 0 Å². The SMILES string of the molecule is CNC(Cc1cccc(C)c1)c1cc(C)ccc1OC. The van der Waals surface area contributed by atoms with Crippen molar-refractivity contribution in [3.8, 4) is 5.75 Å². The third-order valence-corrected chi connectivity index (χ3v) is 3.63. The Labute approximate surface area is 121 Å².